The van der Waals surface area contributed by atoms with Crippen LogP contribution in [-0.2, 0) is 13.5 Å². The summed E-state index contributed by atoms with van der Waals surface area (Å²) in [4.78, 5) is 0. The molecule has 0 amide bonds. The quantitative estimate of drug-likeness (QED) is 0.868. The van der Waals surface area contributed by atoms with E-state index in [1.807, 2.05) is 4.68 Å². The molecule has 0 aliphatic heterocycles. The van der Waals surface area contributed by atoms with Crippen LogP contribution in [0.1, 0.15) is 63.8 Å². The first-order chi connectivity index (χ1) is 8.67. The van der Waals surface area contributed by atoms with Gasteiger partial charge >= 0.3 is 0 Å². The number of rotatable bonds is 5. The monoisotopic (exact) mass is 249 g/mol. The van der Waals surface area contributed by atoms with Gasteiger partial charge in [0.1, 0.15) is 0 Å². The molecule has 2 unspecified atom stereocenters. The Labute approximate surface area is 111 Å². The molecule has 1 heterocycles. The lowest BCUT2D eigenvalue weighted by molar-refractivity contribution is 0.306. The highest BCUT2D eigenvalue weighted by atomic mass is 15.3. The number of nitrogens with zero attached hydrogens (tertiary/aromatic N) is 2. The van der Waals surface area contributed by atoms with Crippen LogP contribution in [0.25, 0.3) is 0 Å². The molecule has 2 rings (SSSR count). The van der Waals surface area contributed by atoms with Crippen LogP contribution in [0.4, 0.5) is 0 Å². The first kappa shape index (κ1) is 13.6. The van der Waals surface area contributed by atoms with Crippen molar-refractivity contribution in [3.8, 4) is 0 Å². The lowest BCUT2D eigenvalue weighted by atomic mass is 9.89. The summed E-state index contributed by atoms with van der Waals surface area (Å²) in [6.07, 6.45) is 8.30. The van der Waals surface area contributed by atoms with E-state index in [9.17, 15) is 0 Å². The second kappa shape index (κ2) is 5.87. The number of fused-ring (bicyclic) bond motifs is 1. The van der Waals surface area contributed by atoms with Crippen LogP contribution in [0, 0.1) is 5.92 Å². The van der Waals surface area contributed by atoms with Crippen molar-refractivity contribution in [3.63, 3.8) is 0 Å². The van der Waals surface area contributed by atoms with Crippen LogP contribution < -0.4 is 5.32 Å². The van der Waals surface area contributed by atoms with Gasteiger partial charge in [-0.05, 0) is 32.1 Å². The van der Waals surface area contributed by atoms with Gasteiger partial charge in [0.15, 0.2) is 0 Å². The molecule has 0 saturated carbocycles. The highest BCUT2D eigenvalue weighted by Gasteiger charge is 2.25. The van der Waals surface area contributed by atoms with Crippen molar-refractivity contribution in [1.29, 1.82) is 0 Å². The summed E-state index contributed by atoms with van der Waals surface area (Å²) in [5.74, 6) is 0.784. The van der Waals surface area contributed by atoms with Crippen molar-refractivity contribution >= 4 is 0 Å². The minimum atomic E-state index is 0.512. The molecule has 1 aromatic rings. The molecule has 1 aliphatic carbocycles. The minimum Gasteiger partial charge on any atom is -0.307 e. The topological polar surface area (TPSA) is 29.9 Å². The summed E-state index contributed by atoms with van der Waals surface area (Å²) in [5, 5.41) is 8.25. The van der Waals surface area contributed by atoms with Crippen LogP contribution >= 0.6 is 0 Å². The summed E-state index contributed by atoms with van der Waals surface area (Å²) in [6.45, 7) is 6.92. The molecule has 0 spiro atoms. The van der Waals surface area contributed by atoms with Crippen molar-refractivity contribution in [2.75, 3.05) is 0 Å². The Balaban J connectivity index is 2.07. The fourth-order valence-corrected chi connectivity index (χ4v) is 3.33. The number of aryl methyl sites for hydroxylation is 1. The third-order valence-corrected chi connectivity index (χ3v) is 4.60. The van der Waals surface area contributed by atoms with Crippen LogP contribution in [0.3, 0.4) is 0 Å². The molecule has 2 atom stereocenters. The maximum atomic E-state index is 4.42. The Hall–Kier alpha value is -0.830. The molecule has 3 nitrogen and oxygen atoms in total. The van der Waals surface area contributed by atoms with Crippen LogP contribution in [0.5, 0.6) is 0 Å². The largest absolute Gasteiger partial charge is 0.307 e. The van der Waals surface area contributed by atoms with E-state index in [1.165, 1.54) is 43.4 Å². The highest BCUT2D eigenvalue weighted by molar-refractivity contribution is 5.24. The molecule has 3 heteroatoms. The molecule has 0 radical (unpaired) electrons. The van der Waals surface area contributed by atoms with E-state index in [0.29, 0.717) is 12.1 Å². The molecule has 102 valence electrons. The van der Waals surface area contributed by atoms with Crippen molar-refractivity contribution in [2.45, 2.75) is 65.0 Å². The van der Waals surface area contributed by atoms with Crippen LogP contribution in [0.2, 0.25) is 0 Å². The summed E-state index contributed by atoms with van der Waals surface area (Å²) < 4.78 is 2.05. The van der Waals surface area contributed by atoms with Gasteiger partial charge in [-0.2, -0.15) is 5.10 Å². The molecule has 0 saturated heterocycles. The Morgan fingerprint density at radius 2 is 2.17 bits per heavy atom. The predicted octanol–water partition coefficient (Wildman–Crippen LogP) is 3.21. The van der Waals surface area contributed by atoms with Gasteiger partial charge in [0, 0.05) is 30.4 Å². The number of hydrogen-bond donors (Lipinski definition) is 1. The minimum absolute atomic E-state index is 0.512. The van der Waals surface area contributed by atoms with Crippen molar-refractivity contribution < 1.29 is 0 Å². The van der Waals surface area contributed by atoms with E-state index in [1.54, 1.807) is 0 Å². The van der Waals surface area contributed by atoms with E-state index in [0.717, 1.165) is 5.92 Å². The third kappa shape index (κ3) is 2.61. The smallest absolute Gasteiger partial charge is 0.0540 e. The zero-order chi connectivity index (χ0) is 13.1. The second-order valence-corrected chi connectivity index (χ2v) is 5.65. The fourth-order valence-electron chi connectivity index (χ4n) is 3.33. The Bertz CT molecular complexity index is 379. The molecule has 18 heavy (non-hydrogen) atoms. The molecule has 0 bridgehead atoms. The van der Waals surface area contributed by atoms with Gasteiger partial charge in [-0.15, -0.1) is 0 Å². The Morgan fingerprint density at radius 3 is 2.83 bits per heavy atom. The van der Waals surface area contributed by atoms with Gasteiger partial charge in [0.2, 0.25) is 0 Å². The zero-order valence-electron chi connectivity index (χ0n) is 12.2. The van der Waals surface area contributed by atoms with E-state index < -0.39 is 0 Å². The first-order valence-corrected chi connectivity index (χ1v) is 7.44. The third-order valence-electron chi connectivity index (χ3n) is 4.60. The number of nitrogens with one attached hydrogen (secondary N) is 1. The summed E-state index contributed by atoms with van der Waals surface area (Å²) in [6, 6.07) is 1.11. The van der Waals surface area contributed by atoms with Crippen LogP contribution in [0.15, 0.2) is 6.20 Å². The molecular formula is C15H27N3. The lowest BCUT2D eigenvalue weighted by Crippen LogP contribution is -2.37. The average molecular weight is 249 g/mol. The predicted molar refractivity (Wildman–Crippen MR) is 75.6 cm³/mol. The fraction of sp³-hybridized carbons (Fsp3) is 0.800. The molecule has 1 aliphatic rings. The standard InChI is InChI=1S/C15H27N3/c1-5-12(6-2)11(3)17-14-8-7-9-15-13(14)10-16-18(15)4/h10-12,14,17H,5-9H2,1-4H3. The van der Waals surface area contributed by atoms with E-state index in [-0.39, 0.29) is 0 Å². The zero-order valence-corrected chi connectivity index (χ0v) is 12.2. The van der Waals surface area contributed by atoms with Crippen molar-refractivity contribution in [2.24, 2.45) is 13.0 Å². The van der Waals surface area contributed by atoms with Gasteiger partial charge in [-0.3, -0.25) is 4.68 Å². The SMILES string of the molecule is CCC(CC)C(C)NC1CCCc2c1cnn2C. The second-order valence-electron chi connectivity index (χ2n) is 5.65. The van der Waals surface area contributed by atoms with Gasteiger partial charge < -0.3 is 5.32 Å². The summed E-state index contributed by atoms with van der Waals surface area (Å²) in [5.41, 5.74) is 2.86. The van der Waals surface area contributed by atoms with E-state index in [2.05, 4.69) is 44.4 Å². The number of hydrogen-bond acceptors (Lipinski definition) is 2. The van der Waals surface area contributed by atoms with E-state index >= 15 is 0 Å². The average Bonchev–Trinajstić information content (AvgIpc) is 2.74. The molecule has 0 fully saturated rings. The van der Waals surface area contributed by atoms with E-state index in [4.69, 9.17) is 0 Å². The van der Waals surface area contributed by atoms with Crippen molar-refractivity contribution in [3.05, 3.63) is 17.5 Å². The highest BCUT2D eigenvalue weighted by Crippen LogP contribution is 2.30. The molecule has 1 N–H and O–H groups in total. The lowest BCUT2D eigenvalue weighted by Gasteiger charge is -2.30. The molecule has 0 aromatic carbocycles. The van der Waals surface area contributed by atoms with Gasteiger partial charge in [0.05, 0.1) is 6.20 Å². The van der Waals surface area contributed by atoms with Gasteiger partial charge in [-0.25, -0.2) is 0 Å². The van der Waals surface area contributed by atoms with Crippen LogP contribution in [-0.4, -0.2) is 15.8 Å². The summed E-state index contributed by atoms with van der Waals surface area (Å²) >= 11 is 0. The Kier molecular flexibility index (Phi) is 4.44. The Morgan fingerprint density at radius 1 is 1.44 bits per heavy atom. The normalized spacial score (nSPS) is 21.1. The van der Waals surface area contributed by atoms with Gasteiger partial charge in [-0.1, -0.05) is 26.7 Å². The summed E-state index contributed by atoms with van der Waals surface area (Å²) in [7, 11) is 2.06. The molecular weight excluding hydrogens is 222 g/mol. The molecule has 1 aromatic heterocycles. The first-order valence-electron chi connectivity index (χ1n) is 7.44. The van der Waals surface area contributed by atoms with Crippen molar-refractivity contribution in [1.82, 2.24) is 15.1 Å². The maximum Gasteiger partial charge on any atom is 0.0540 e. The maximum absolute atomic E-state index is 4.42. The van der Waals surface area contributed by atoms with Gasteiger partial charge in [0.25, 0.3) is 0 Å². The number of aromatic nitrogens is 2.